The predicted octanol–water partition coefficient (Wildman–Crippen LogP) is 1.62. The average Bonchev–Trinajstić information content (AvgIpc) is 3.01. The van der Waals surface area contributed by atoms with E-state index in [2.05, 4.69) is 15.1 Å². The van der Waals surface area contributed by atoms with E-state index in [-0.39, 0.29) is 5.56 Å². The van der Waals surface area contributed by atoms with Crippen molar-refractivity contribution in [2.24, 2.45) is 0 Å². The van der Waals surface area contributed by atoms with Crippen molar-refractivity contribution in [2.45, 2.75) is 39.4 Å². The summed E-state index contributed by atoms with van der Waals surface area (Å²) < 4.78 is 3.76. The van der Waals surface area contributed by atoms with E-state index in [9.17, 15) is 4.79 Å². The van der Waals surface area contributed by atoms with E-state index < -0.39 is 0 Å². The van der Waals surface area contributed by atoms with Crippen LogP contribution in [0, 0.1) is 0 Å². The number of nitrogens with one attached hydrogen (secondary N) is 1. The van der Waals surface area contributed by atoms with Gasteiger partial charge in [-0.2, -0.15) is 5.10 Å². The van der Waals surface area contributed by atoms with Gasteiger partial charge >= 0.3 is 0 Å². The van der Waals surface area contributed by atoms with Crippen molar-refractivity contribution in [1.82, 2.24) is 14.3 Å². The van der Waals surface area contributed by atoms with E-state index >= 15 is 0 Å². The van der Waals surface area contributed by atoms with Gasteiger partial charge in [-0.1, -0.05) is 0 Å². The largest absolute Gasteiger partial charge is 0.376 e. The van der Waals surface area contributed by atoms with Crippen molar-refractivity contribution in [2.75, 3.05) is 5.32 Å². The van der Waals surface area contributed by atoms with Crippen LogP contribution in [-0.4, -0.2) is 14.3 Å². The maximum atomic E-state index is 12.1. The first-order valence-corrected chi connectivity index (χ1v) is 6.76. The Morgan fingerprint density at radius 2 is 2.37 bits per heavy atom. The molecule has 0 fully saturated rings. The van der Waals surface area contributed by atoms with Crippen molar-refractivity contribution in [3.63, 3.8) is 0 Å². The van der Waals surface area contributed by atoms with E-state index in [1.807, 2.05) is 31.5 Å². The van der Waals surface area contributed by atoms with Gasteiger partial charge in [0.1, 0.15) is 5.69 Å². The molecule has 2 aromatic heterocycles. The number of hydrogen-bond donors (Lipinski definition) is 1. The van der Waals surface area contributed by atoms with Gasteiger partial charge in [-0.25, -0.2) is 0 Å². The lowest BCUT2D eigenvalue weighted by atomic mass is 10.2. The zero-order valence-electron chi connectivity index (χ0n) is 11.1. The lowest BCUT2D eigenvalue weighted by molar-refractivity contribution is 0.656. The molecular formula is C14H18N4O. The summed E-state index contributed by atoms with van der Waals surface area (Å²) in [5.41, 5.74) is 3.19. The molecule has 2 aromatic rings. The molecule has 1 N–H and O–H groups in total. The highest BCUT2D eigenvalue weighted by Gasteiger charge is 2.15. The molecule has 1 aliphatic rings. The number of anilines is 1. The van der Waals surface area contributed by atoms with Crippen LogP contribution in [0.5, 0.6) is 0 Å². The van der Waals surface area contributed by atoms with Crippen molar-refractivity contribution in [3.8, 4) is 0 Å². The number of nitrogens with zero attached hydrogens (tertiary/aromatic N) is 3. The number of rotatable bonds is 4. The van der Waals surface area contributed by atoms with Gasteiger partial charge in [-0.15, -0.1) is 0 Å². The Morgan fingerprint density at radius 3 is 3.21 bits per heavy atom. The van der Waals surface area contributed by atoms with Crippen LogP contribution in [0.4, 0.5) is 5.69 Å². The molecule has 5 heteroatoms. The topological polar surface area (TPSA) is 51.9 Å². The fourth-order valence-corrected chi connectivity index (χ4v) is 2.59. The normalized spacial score (nSPS) is 13.5. The van der Waals surface area contributed by atoms with Gasteiger partial charge in [-0.05, 0) is 31.9 Å². The molecule has 0 saturated heterocycles. The second-order valence-corrected chi connectivity index (χ2v) is 4.81. The lowest BCUT2D eigenvalue weighted by Crippen LogP contribution is -2.22. The highest BCUT2D eigenvalue weighted by atomic mass is 16.1. The maximum Gasteiger partial charge on any atom is 0.273 e. The molecule has 0 amide bonds. The highest BCUT2D eigenvalue weighted by Crippen LogP contribution is 2.18. The summed E-state index contributed by atoms with van der Waals surface area (Å²) in [6, 6.07) is 3.73. The molecule has 0 spiro atoms. The van der Waals surface area contributed by atoms with E-state index in [4.69, 9.17) is 0 Å². The van der Waals surface area contributed by atoms with E-state index in [0.29, 0.717) is 18.8 Å². The third-order valence-electron chi connectivity index (χ3n) is 3.65. The molecule has 0 radical (unpaired) electrons. The Balaban J connectivity index is 1.78. The number of pyridine rings is 1. The molecule has 1 aliphatic heterocycles. The van der Waals surface area contributed by atoms with E-state index in [0.717, 1.165) is 13.0 Å². The molecule has 3 rings (SSSR count). The first-order valence-electron chi connectivity index (χ1n) is 6.76. The van der Waals surface area contributed by atoms with Crippen molar-refractivity contribution in [3.05, 3.63) is 46.1 Å². The predicted molar refractivity (Wildman–Crippen MR) is 74.3 cm³/mol. The summed E-state index contributed by atoms with van der Waals surface area (Å²) >= 11 is 0. The van der Waals surface area contributed by atoms with Crippen LogP contribution in [0.25, 0.3) is 0 Å². The Hall–Kier alpha value is -2.04. The smallest absolute Gasteiger partial charge is 0.273 e. The van der Waals surface area contributed by atoms with Gasteiger partial charge in [0, 0.05) is 37.1 Å². The van der Waals surface area contributed by atoms with Crippen LogP contribution in [0.15, 0.2) is 29.3 Å². The minimum atomic E-state index is 0.0359. The van der Waals surface area contributed by atoms with Crippen LogP contribution in [0.2, 0.25) is 0 Å². The summed E-state index contributed by atoms with van der Waals surface area (Å²) in [7, 11) is 0. The SMILES string of the molecule is CCn1cccc(NCc2cnn3c2CCC3)c1=O. The molecule has 0 bridgehead atoms. The quantitative estimate of drug-likeness (QED) is 0.906. The Bertz CT molecular complexity index is 641. The molecule has 0 atom stereocenters. The number of aryl methyl sites for hydroxylation is 2. The standard InChI is InChI=1S/C14H18N4O/c1-2-17-7-3-5-12(14(17)19)15-9-11-10-16-18-8-4-6-13(11)18/h3,5,7,10,15H,2,4,6,8-9H2,1H3. The first-order chi connectivity index (χ1) is 9.29. The van der Waals surface area contributed by atoms with Crippen molar-refractivity contribution in [1.29, 1.82) is 0 Å². The first kappa shape index (κ1) is 12.0. The summed E-state index contributed by atoms with van der Waals surface area (Å²) in [5, 5.41) is 7.59. The minimum Gasteiger partial charge on any atom is -0.376 e. The molecule has 0 saturated carbocycles. The maximum absolute atomic E-state index is 12.1. The fourth-order valence-electron chi connectivity index (χ4n) is 2.59. The third-order valence-corrected chi connectivity index (χ3v) is 3.65. The second kappa shape index (κ2) is 4.91. The number of hydrogen-bond acceptors (Lipinski definition) is 3. The van der Waals surface area contributed by atoms with E-state index in [1.54, 1.807) is 4.57 Å². The zero-order valence-corrected chi connectivity index (χ0v) is 11.1. The second-order valence-electron chi connectivity index (χ2n) is 4.81. The molecule has 100 valence electrons. The molecule has 3 heterocycles. The Labute approximate surface area is 111 Å². The molecule has 0 aromatic carbocycles. The van der Waals surface area contributed by atoms with Gasteiger partial charge in [-0.3, -0.25) is 9.48 Å². The molecular weight excluding hydrogens is 240 g/mol. The molecule has 0 aliphatic carbocycles. The summed E-state index contributed by atoms with van der Waals surface area (Å²) in [5.74, 6) is 0. The van der Waals surface area contributed by atoms with E-state index in [1.165, 1.54) is 17.7 Å². The fraction of sp³-hybridized carbons (Fsp3) is 0.429. The molecule has 5 nitrogen and oxygen atoms in total. The van der Waals surface area contributed by atoms with Gasteiger partial charge in [0.15, 0.2) is 0 Å². The molecule has 19 heavy (non-hydrogen) atoms. The lowest BCUT2D eigenvalue weighted by Gasteiger charge is -2.08. The highest BCUT2D eigenvalue weighted by molar-refractivity contribution is 5.41. The van der Waals surface area contributed by atoms with Crippen LogP contribution in [-0.2, 0) is 26.1 Å². The monoisotopic (exact) mass is 258 g/mol. The Morgan fingerprint density at radius 1 is 1.47 bits per heavy atom. The van der Waals surface area contributed by atoms with Crippen LogP contribution in [0.1, 0.15) is 24.6 Å². The molecule has 0 unspecified atom stereocenters. The van der Waals surface area contributed by atoms with Crippen LogP contribution >= 0.6 is 0 Å². The third kappa shape index (κ3) is 2.16. The summed E-state index contributed by atoms with van der Waals surface area (Å²) in [6.45, 7) is 4.34. The summed E-state index contributed by atoms with van der Waals surface area (Å²) in [6.07, 6.45) is 5.98. The summed E-state index contributed by atoms with van der Waals surface area (Å²) in [4.78, 5) is 12.1. The van der Waals surface area contributed by atoms with Gasteiger partial charge in [0.05, 0.1) is 6.20 Å². The minimum absolute atomic E-state index is 0.0359. The zero-order chi connectivity index (χ0) is 13.2. The average molecular weight is 258 g/mol. The number of aromatic nitrogens is 3. The van der Waals surface area contributed by atoms with Gasteiger partial charge < -0.3 is 9.88 Å². The van der Waals surface area contributed by atoms with Crippen LogP contribution < -0.4 is 10.9 Å². The Kier molecular flexibility index (Phi) is 3.11. The van der Waals surface area contributed by atoms with Crippen molar-refractivity contribution < 1.29 is 0 Å². The van der Waals surface area contributed by atoms with Crippen molar-refractivity contribution >= 4 is 5.69 Å². The van der Waals surface area contributed by atoms with Gasteiger partial charge in [0.25, 0.3) is 5.56 Å². The number of fused-ring (bicyclic) bond motifs is 1. The van der Waals surface area contributed by atoms with Crippen LogP contribution in [0.3, 0.4) is 0 Å². The van der Waals surface area contributed by atoms with Gasteiger partial charge in [0.2, 0.25) is 0 Å².